The van der Waals surface area contributed by atoms with E-state index in [1.165, 1.54) is 5.56 Å². The number of rotatable bonds is 7. The standard InChI is InChI=1S/C23H27N3O3S/c1-2-6-19-9-11-21(12-10-19)30(27,28)26-15-13-25(14-16-26)18-23-24-17-22(29-23)20-7-4-3-5-8-20/h3-5,7-12,17H,2,6,13-16,18H2,1H3. The lowest BCUT2D eigenvalue weighted by Crippen LogP contribution is -2.48. The number of aromatic nitrogens is 1. The second-order valence-electron chi connectivity index (χ2n) is 7.56. The van der Waals surface area contributed by atoms with E-state index < -0.39 is 10.0 Å². The van der Waals surface area contributed by atoms with Crippen molar-refractivity contribution in [1.29, 1.82) is 0 Å². The Kier molecular flexibility index (Phi) is 6.32. The van der Waals surface area contributed by atoms with Gasteiger partial charge in [-0.15, -0.1) is 0 Å². The smallest absolute Gasteiger partial charge is 0.243 e. The number of benzene rings is 2. The van der Waals surface area contributed by atoms with Crippen molar-refractivity contribution in [2.24, 2.45) is 0 Å². The highest BCUT2D eigenvalue weighted by atomic mass is 32.2. The van der Waals surface area contributed by atoms with Gasteiger partial charge in [0.15, 0.2) is 5.76 Å². The Morgan fingerprint density at radius 1 is 0.967 bits per heavy atom. The summed E-state index contributed by atoms with van der Waals surface area (Å²) in [4.78, 5) is 6.93. The molecule has 6 nitrogen and oxygen atoms in total. The van der Waals surface area contributed by atoms with Gasteiger partial charge in [-0.3, -0.25) is 4.90 Å². The summed E-state index contributed by atoms with van der Waals surface area (Å²) < 4.78 is 33.4. The van der Waals surface area contributed by atoms with Crippen molar-refractivity contribution in [1.82, 2.24) is 14.2 Å². The molecule has 0 N–H and O–H groups in total. The first kappa shape index (κ1) is 20.8. The number of piperazine rings is 1. The van der Waals surface area contributed by atoms with Gasteiger partial charge in [0, 0.05) is 31.7 Å². The van der Waals surface area contributed by atoms with Gasteiger partial charge in [0.1, 0.15) is 0 Å². The Morgan fingerprint density at radius 3 is 2.33 bits per heavy atom. The minimum absolute atomic E-state index is 0.371. The van der Waals surface area contributed by atoms with Crippen LogP contribution in [-0.2, 0) is 23.0 Å². The quantitative estimate of drug-likeness (QED) is 0.576. The number of aryl methyl sites for hydroxylation is 1. The number of hydrogen-bond acceptors (Lipinski definition) is 5. The highest BCUT2D eigenvalue weighted by molar-refractivity contribution is 7.89. The van der Waals surface area contributed by atoms with Crippen LogP contribution in [0, 0.1) is 0 Å². The third-order valence-electron chi connectivity index (χ3n) is 5.40. The van der Waals surface area contributed by atoms with Gasteiger partial charge in [0.25, 0.3) is 0 Å². The molecule has 158 valence electrons. The van der Waals surface area contributed by atoms with Crippen LogP contribution in [0.2, 0.25) is 0 Å². The molecule has 0 spiro atoms. The molecule has 1 saturated heterocycles. The first-order valence-corrected chi connectivity index (χ1v) is 11.8. The summed E-state index contributed by atoms with van der Waals surface area (Å²) in [5, 5.41) is 0. The van der Waals surface area contributed by atoms with Crippen LogP contribution in [0.4, 0.5) is 0 Å². The lowest BCUT2D eigenvalue weighted by Gasteiger charge is -2.33. The molecule has 0 bridgehead atoms. The van der Waals surface area contributed by atoms with Crippen LogP contribution in [0.3, 0.4) is 0 Å². The van der Waals surface area contributed by atoms with Gasteiger partial charge in [-0.2, -0.15) is 4.31 Å². The van der Waals surface area contributed by atoms with E-state index in [1.54, 1.807) is 22.6 Å². The van der Waals surface area contributed by atoms with Crippen LogP contribution in [-0.4, -0.2) is 48.8 Å². The molecular formula is C23H27N3O3S. The SMILES string of the molecule is CCCc1ccc(S(=O)(=O)N2CCN(Cc3ncc(-c4ccccc4)o3)CC2)cc1. The van der Waals surface area contributed by atoms with E-state index in [0.717, 1.165) is 24.2 Å². The van der Waals surface area contributed by atoms with Crippen molar-refractivity contribution in [3.05, 3.63) is 72.2 Å². The third kappa shape index (κ3) is 4.64. The summed E-state index contributed by atoms with van der Waals surface area (Å²) in [6, 6.07) is 17.2. The van der Waals surface area contributed by atoms with Crippen molar-refractivity contribution in [2.75, 3.05) is 26.2 Å². The fraction of sp³-hybridized carbons (Fsp3) is 0.348. The first-order chi connectivity index (χ1) is 14.6. The Balaban J connectivity index is 1.35. The summed E-state index contributed by atoms with van der Waals surface area (Å²) in [7, 11) is -3.45. The molecule has 0 amide bonds. The molecule has 0 radical (unpaired) electrons. The highest BCUT2D eigenvalue weighted by Crippen LogP contribution is 2.22. The summed E-state index contributed by atoms with van der Waals surface area (Å²) in [6.45, 7) is 4.92. The van der Waals surface area contributed by atoms with E-state index in [9.17, 15) is 8.42 Å². The zero-order valence-electron chi connectivity index (χ0n) is 17.2. The van der Waals surface area contributed by atoms with E-state index in [2.05, 4.69) is 16.8 Å². The minimum Gasteiger partial charge on any atom is -0.439 e. The average molecular weight is 426 g/mol. The van der Waals surface area contributed by atoms with E-state index in [1.807, 2.05) is 42.5 Å². The minimum atomic E-state index is -3.45. The van der Waals surface area contributed by atoms with E-state index >= 15 is 0 Å². The van der Waals surface area contributed by atoms with Crippen LogP contribution >= 0.6 is 0 Å². The molecule has 1 aliphatic rings. The summed E-state index contributed by atoms with van der Waals surface area (Å²) in [5.41, 5.74) is 2.17. The monoisotopic (exact) mass is 425 g/mol. The van der Waals surface area contributed by atoms with Crippen LogP contribution in [0.25, 0.3) is 11.3 Å². The molecule has 2 heterocycles. The van der Waals surface area contributed by atoms with E-state index in [-0.39, 0.29) is 0 Å². The van der Waals surface area contributed by atoms with Crippen LogP contribution in [0.5, 0.6) is 0 Å². The molecule has 0 atom stereocenters. The molecular weight excluding hydrogens is 398 g/mol. The van der Waals surface area contributed by atoms with Crippen LogP contribution in [0.1, 0.15) is 24.8 Å². The molecule has 3 aromatic rings. The maximum Gasteiger partial charge on any atom is 0.243 e. The molecule has 0 saturated carbocycles. The number of sulfonamides is 1. The zero-order chi connectivity index (χ0) is 21.0. The second-order valence-corrected chi connectivity index (χ2v) is 9.50. The Labute approximate surface area is 178 Å². The second kappa shape index (κ2) is 9.12. The van der Waals surface area contributed by atoms with Crippen molar-refractivity contribution in [3.8, 4) is 11.3 Å². The molecule has 1 fully saturated rings. The van der Waals surface area contributed by atoms with E-state index in [4.69, 9.17) is 4.42 Å². The predicted octanol–water partition coefficient (Wildman–Crippen LogP) is 3.80. The van der Waals surface area contributed by atoms with Crippen LogP contribution < -0.4 is 0 Å². The zero-order valence-corrected chi connectivity index (χ0v) is 18.0. The van der Waals surface area contributed by atoms with Gasteiger partial charge in [-0.1, -0.05) is 55.8 Å². The van der Waals surface area contributed by atoms with Gasteiger partial charge >= 0.3 is 0 Å². The summed E-state index contributed by atoms with van der Waals surface area (Å²) in [6.07, 6.45) is 3.75. The normalized spacial score (nSPS) is 16.0. The Bertz CT molecular complexity index is 1050. The van der Waals surface area contributed by atoms with Crippen molar-refractivity contribution in [3.63, 3.8) is 0 Å². The van der Waals surface area contributed by atoms with Gasteiger partial charge < -0.3 is 4.42 Å². The molecule has 0 aliphatic carbocycles. The predicted molar refractivity (Wildman–Crippen MR) is 116 cm³/mol. The van der Waals surface area contributed by atoms with E-state index in [0.29, 0.717) is 43.5 Å². The Morgan fingerprint density at radius 2 is 1.67 bits per heavy atom. The van der Waals surface area contributed by atoms with Crippen molar-refractivity contribution >= 4 is 10.0 Å². The molecule has 1 aliphatic heterocycles. The highest BCUT2D eigenvalue weighted by Gasteiger charge is 2.29. The first-order valence-electron chi connectivity index (χ1n) is 10.4. The molecule has 0 unspecified atom stereocenters. The topological polar surface area (TPSA) is 66.7 Å². The third-order valence-corrected chi connectivity index (χ3v) is 7.31. The lowest BCUT2D eigenvalue weighted by molar-refractivity contribution is 0.168. The molecule has 7 heteroatoms. The maximum atomic E-state index is 13.0. The van der Waals surface area contributed by atoms with Gasteiger partial charge in [0.05, 0.1) is 17.6 Å². The Hall–Kier alpha value is -2.48. The average Bonchev–Trinajstić information content (AvgIpc) is 3.24. The van der Waals surface area contributed by atoms with Gasteiger partial charge in [-0.25, -0.2) is 13.4 Å². The van der Waals surface area contributed by atoms with Crippen molar-refractivity contribution < 1.29 is 12.8 Å². The number of nitrogens with zero attached hydrogens (tertiary/aromatic N) is 3. The van der Waals surface area contributed by atoms with Gasteiger partial charge in [-0.05, 0) is 24.1 Å². The number of oxazole rings is 1. The van der Waals surface area contributed by atoms with Crippen molar-refractivity contribution in [2.45, 2.75) is 31.2 Å². The number of hydrogen-bond donors (Lipinski definition) is 0. The maximum absolute atomic E-state index is 13.0. The molecule has 4 rings (SSSR count). The fourth-order valence-corrected chi connectivity index (χ4v) is 5.13. The molecule has 1 aromatic heterocycles. The largest absolute Gasteiger partial charge is 0.439 e. The molecule has 30 heavy (non-hydrogen) atoms. The molecule has 2 aromatic carbocycles. The van der Waals surface area contributed by atoms with Gasteiger partial charge in [0.2, 0.25) is 15.9 Å². The van der Waals surface area contributed by atoms with Crippen LogP contribution in [0.15, 0.2) is 70.1 Å². The fourth-order valence-electron chi connectivity index (χ4n) is 3.70. The summed E-state index contributed by atoms with van der Waals surface area (Å²) in [5.74, 6) is 1.40. The summed E-state index contributed by atoms with van der Waals surface area (Å²) >= 11 is 0. The lowest BCUT2D eigenvalue weighted by atomic mass is 10.1.